The van der Waals surface area contributed by atoms with Crippen molar-refractivity contribution in [3.05, 3.63) is 41.2 Å². The molecule has 0 saturated carbocycles. The van der Waals surface area contributed by atoms with Gasteiger partial charge >= 0.3 is 6.18 Å². The van der Waals surface area contributed by atoms with Crippen LogP contribution in [0, 0.1) is 0 Å². The van der Waals surface area contributed by atoms with E-state index >= 15 is 0 Å². The average molecular weight is 304 g/mol. The molecule has 4 N–H and O–H groups in total. The number of hydrogen-bond acceptors (Lipinski definition) is 5. The molecule has 5 nitrogen and oxygen atoms in total. The fourth-order valence-corrected chi connectivity index (χ4v) is 1.71. The van der Waals surface area contributed by atoms with Crippen LogP contribution in [0.2, 0.25) is 5.02 Å². The number of alkyl halides is 3. The number of nitrogens with one attached hydrogen (secondary N) is 2. The molecule has 0 saturated heterocycles. The lowest BCUT2D eigenvalue weighted by Gasteiger charge is -2.11. The van der Waals surface area contributed by atoms with Gasteiger partial charge in [-0.15, -0.1) is 0 Å². The summed E-state index contributed by atoms with van der Waals surface area (Å²) in [6, 6.07) is 4.58. The predicted octanol–water partition coefficient (Wildman–Crippen LogP) is 3.18. The Morgan fingerprint density at radius 3 is 2.40 bits per heavy atom. The smallest absolute Gasteiger partial charge is 0.340 e. The molecular formula is C11H9ClF3N5. The lowest BCUT2D eigenvalue weighted by molar-refractivity contribution is -0.137. The van der Waals surface area contributed by atoms with Crippen molar-refractivity contribution in [1.29, 1.82) is 0 Å². The monoisotopic (exact) mass is 303 g/mol. The van der Waals surface area contributed by atoms with Gasteiger partial charge in [-0.25, -0.2) is 15.8 Å². The minimum absolute atomic E-state index is 0.0337. The van der Waals surface area contributed by atoms with Crippen molar-refractivity contribution >= 4 is 28.9 Å². The van der Waals surface area contributed by atoms with Crippen molar-refractivity contribution in [2.75, 3.05) is 10.7 Å². The normalized spacial score (nSPS) is 11.2. The van der Waals surface area contributed by atoms with Crippen molar-refractivity contribution in [3.8, 4) is 0 Å². The Kier molecular flexibility index (Phi) is 3.96. The first-order valence-electron chi connectivity index (χ1n) is 5.32. The largest absolute Gasteiger partial charge is 0.416 e. The highest BCUT2D eigenvalue weighted by atomic mass is 35.5. The number of rotatable bonds is 3. The van der Waals surface area contributed by atoms with Crippen LogP contribution in [0.4, 0.5) is 30.5 Å². The van der Waals surface area contributed by atoms with Crippen LogP contribution < -0.4 is 16.6 Å². The molecule has 0 fully saturated rings. The highest BCUT2D eigenvalue weighted by Gasteiger charge is 2.31. The number of nitrogens with two attached hydrogens (primary N) is 1. The van der Waals surface area contributed by atoms with E-state index in [1.807, 2.05) is 0 Å². The second-order valence-corrected chi connectivity index (χ2v) is 4.22. The lowest BCUT2D eigenvalue weighted by Crippen LogP contribution is -2.09. The first-order chi connectivity index (χ1) is 9.38. The van der Waals surface area contributed by atoms with E-state index in [4.69, 9.17) is 17.4 Å². The Hall–Kier alpha value is -2.06. The third-order valence-electron chi connectivity index (χ3n) is 2.31. The molecule has 1 heterocycles. The molecule has 2 aromatic rings. The van der Waals surface area contributed by atoms with E-state index in [1.54, 1.807) is 0 Å². The molecule has 0 bridgehead atoms. The molecule has 2 rings (SSSR count). The predicted molar refractivity (Wildman–Crippen MR) is 69.6 cm³/mol. The van der Waals surface area contributed by atoms with Crippen LogP contribution in [0.25, 0.3) is 0 Å². The zero-order valence-corrected chi connectivity index (χ0v) is 10.6. The van der Waals surface area contributed by atoms with Crippen molar-refractivity contribution in [2.45, 2.75) is 6.18 Å². The number of anilines is 3. The number of benzene rings is 1. The fourth-order valence-electron chi connectivity index (χ4n) is 1.48. The van der Waals surface area contributed by atoms with Gasteiger partial charge in [0.2, 0.25) is 0 Å². The number of hydrogen-bond donors (Lipinski definition) is 3. The van der Waals surface area contributed by atoms with Gasteiger partial charge in [0.1, 0.15) is 18.0 Å². The van der Waals surface area contributed by atoms with E-state index in [0.29, 0.717) is 5.82 Å². The molecule has 0 aliphatic carbocycles. The molecule has 1 aromatic carbocycles. The van der Waals surface area contributed by atoms with Crippen LogP contribution in [0.1, 0.15) is 5.56 Å². The average Bonchev–Trinajstić information content (AvgIpc) is 2.37. The summed E-state index contributed by atoms with van der Waals surface area (Å²) in [5.74, 6) is 5.78. The number of aromatic nitrogens is 2. The van der Waals surface area contributed by atoms with E-state index in [2.05, 4.69) is 20.7 Å². The minimum atomic E-state index is -4.48. The van der Waals surface area contributed by atoms with Gasteiger partial charge in [0.25, 0.3) is 0 Å². The summed E-state index contributed by atoms with van der Waals surface area (Å²) in [6.07, 6.45) is -3.26. The second-order valence-electron chi connectivity index (χ2n) is 3.78. The van der Waals surface area contributed by atoms with Gasteiger partial charge in [0, 0.05) is 16.8 Å². The van der Waals surface area contributed by atoms with Gasteiger partial charge in [0.05, 0.1) is 5.56 Å². The lowest BCUT2D eigenvalue weighted by atomic mass is 10.2. The maximum Gasteiger partial charge on any atom is 0.416 e. The van der Waals surface area contributed by atoms with Crippen LogP contribution in [0.15, 0.2) is 30.6 Å². The van der Waals surface area contributed by atoms with E-state index in [1.165, 1.54) is 18.5 Å². The summed E-state index contributed by atoms with van der Waals surface area (Å²) in [7, 11) is 0. The quantitative estimate of drug-likeness (QED) is 0.600. The minimum Gasteiger partial charge on any atom is -0.340 e. The highest BCUT2D eigenvalue weighted by Crippen LogP contribution is 2.33. The molecule has 0 atom stereocenters. The third kappa shape index (κ3) is 3.49. The summed E-state index contributed by atoms with van der Waals surface area (Å²) in [4.78, 5) is 7.64. The van der Waals surface area contributed by atoms with Crippen LogP contribution in [-0.4, -0.2) is 9.97 Å². The molecule has 106 valence electrons. The molecule has 1 aromatic heterocycles. The van der Waals surface area contributed by atoms with E-state index in [9.17, 15) is 13.2 Å². The van der Waals surface area contributed by atoms with E-state index < -0.39 is 11.7 Å². The molecule has 0 unspecified atom stereocenters. The maximum atomic E-state index is 12.7. The zero-order chi connectivity index (χ0) is 14.8. The first-order valence-corrected chi connectivity index (χ1v) is 5.70. The van der Waals surface area contributed by atoms with Gasteiger partial charge in [-0.1, -0.05) is 11.6 Å². The van der Waals surface area contributed by atoms with Crippen LogP contribution >= 0.6 is 11.6 Å². The first kappa shape index (κ1) is 14.4. The summed E-state index contributed by atoms with van der Waals surface area (Å²) < 4.78 is 38.0. The van der Waals surface area contributed by atoms with Crippen molar-refractivity contribution in [3.63, 3.8) is 0 Å². The molecule has 9 heteroatoms. The van der Waals surface area contributed by atoms with Crippen LogP contribution in [0.5, 0.6) is 0 Å². The Bertz CT molecular complexity index is 617. The zero-order valence-electron chi connectivity index (χ0n) is 9.87. The van der Waals surface area contributed by atoms with Gasteiger partial charge in [0.15, 0.2) is 0 Å². The summed E-state index contributed by atoms with van der Waals surface area (Å²) in [6.45, 7) is 0. The maximum absolute atomic E-state index is 12.7. The fraction of sp³-hybridized carbons (Fsp3) is 0.0909. The van der Waals surface area contributed by atoms with Gasteiger partial charge in [-0.2, -0.15) is 13.2 Å². The second kappa shape index (κ2) is 5.51. The molecule has 0 aliphatic rings. The summed E-state index contributed by atoms with van der Waals surface area (Å²) in [5.41, 5.74) is 1.61. The Labute approximate surface area is 117 Å². The Morgan fingerprint density at radius 1 is 1.05 bits per heavy atom. The van der Waals surface area contributed by atoms with Crippen LogP contribution in [-0.2, 0) is 6.18 Å². The van der Waals surface area contributed by atoms with Crippen molar-refractivity contribution < 1.29 is 13.2 Å². The molecule has 20 heavy (non-hydrogen) atoms. The van der Waals surface area contributed by atoms with Gasteiger partial charge < -0.3 is 10.7 Å². The van der Waals surface area contributed by atoms with Crippen molar-refractivity contribution in [1.82, 2.24) is 9.97 Å². The van der Waals surface area contributed by atoms with E-state index in [-0.39, 0.29) is 16.5 Å². The molecular weight excluding hydrogens is 295 g/mol. The van der Waals surface area contributed by atoms with Gasteiger partial charge in [-0.05, 0) is 18.2 Å². The molecule has 0 spiro atoms. The highest BCUT2D eigenvalue weighted by molar-refractivity contribution is 6.31. The van der Waals surface area contributed by atoms with E-state index in [0.717, 1.165) is 12.1 Å². The number of nitrogens with zero attached hydrogens (tertiary/aromatic N) is 2. The third-order valence-corrected chi connectivity index (χ3v) is 2.53. The molecule has 0 radical (unpaired) electrons. The molecule has 0 aliphatic heterocycles. The topological polar surface area (TPSA) is 75.9 Å². The van der Waals surface area contributed by atoms with Gasteiger partial charge in [-0.3, -0.25) is 0 Å². The summed E-state index contributed by atoms with van der Waals surface area (Å²) >= 11 is 5.68. The number of nitrogen functional groups attached to an aromatic ring is 1. The summed E-state index contributed by atoms with van der Waals surface area (Å²) in [5, 5.41) is 2.67. The standard InChI is InChI=1S/C11H9ClF3N5/c12-7-1-6(11(13,14)15)2-8(3-7)19-9-4-10(20-16)18-5-17-9/h1-5H,16H2,(H2,17,18,19,20). The molecule has 0 amide bonds. The van der Waals surface area contributed by atoms with Crippen molar-refractivity contribution in [2.24, 2.45) is 5.84 Å². The van der Waals surface area contributed by atoms with Crippen LogP contribution in [0.3, 0.4) is 0 Å². The Balaban J connectivity index is 2.31. The Morgan fingerprint density at radius 2 is 1.75 bits per heavy atom. The number of halogens is 4. The number of hydrazine groups is 1. The SMILES string of the molecule is NNc1cc(Nc2cc(Cl)cc(C(F)(F)F)c2)ncn1.